The van der Waals surface area contributed by atoms with Crippen molar-refractivity contribution < 1.29 is 19.2 Å². The van der Waals surface area contributed by atoms with Crippen LogP contribution >= 0.6 is 23.2 Å². The number of aromatic nitrogens is 2. The van der Waals surface area contributed by atoms with Gasteiger partial charge in [0, 0.05) is 10.6 Å². The fraction of sp³-hybridized carbons (Fsp3) is 0.0556. The van der Waals surface area contributed by atoms with E-state index in [9.17, 15) is 9.90 Å². The lowest BCUT2D eigenvalue weighted by atomic mass is 10.2. The molecule has 1 heterocycles. The minimum atomic E-state index is -1.29. The Morgan fingerprint density at radius 1 is 1.23 bits per heavy atom. The molecular weight excluding hydrogens is 379 g/mol. The van der Waals surface area contributed by atoms with Crippen LogP contribution < -0.4 is 9.84 Å². The number of carboxylic acid groups (broad SMARTS) is 1. The van der Waals surface area contributed by atoms with Crippen molar-refractivity contribution in [2.24, 2.45) is 0 Å². The molecule has 0 N–H and O–H groups in total. The molecule has 3 rings (SSSR count). The van der Waals surface area contributed by atoms with Crippen molar-refractivity contribution in [1.29, 1.82) is 0 Å². The van der Waals surface area contributed by atoms with Gasteiger partial charge in [-0.1, -0.05) is 52.6 Å². The number of nitrogens with zero attached hydrogens (tertiary/aromatic N) is 2. The molecule has 132 valence electrons. The van der Waals surface area contributed by atoms with Gasteiger partial charge in [-0.25, -0.2) is 0 Å². The van der Waals surface area contributed by atoms with Crippen LogP contribution in [0.25, 0.3) is 22.5 Å². The quantitative estimate of drug-likeness (QED) is 0.642. The number of ether oxygens (including phenoxy) is 1. The zero-order valence-corrected chi connectivity index (χ0v) is 14.7. The van der Waals surface area contributed by atoms with Crippen molar-refractivity contribution in [3.05, 3.63) is 65.0 Å². The van der Waals surface area contributed by atoms with Crippen LogP contribution in [0.3, 0.4) is 0 Å². The summed E-state index contributed by atoms with van der Waals surface area (Å²) in [4.78, 5) is 14.6. The van der Waals surface area contributed by atoms with Crippen LogP contribution in [-0.4, -0.2) is 22.7 Å². The molecular formula is C18H11Cl2N2O4-. The van der Waals surface area contributed by atoms with Crippen molar-refractivity contribution in [3.8, 4) is 17.1 Å². The summed E-state index contributed by atoms with van der Waals surface area (Å²) in [6, 6.07) is 13.7. The normalized spacial score (nSPS) is 11.4. The summed E-state index contributed by atoms with van der Waals surface area (Å²) in [6.07, 6.45) is 1.64. The predicted molar refractivity (Wildman–Crippen MR) is 95.4 cm³/mol. The van der Waals surface area contributed by atoms with Crippen LogP contribution in [0.4, 0.5) is 0 Å². The zero-order chi connectivity index (χ0) is 18.5. The first-order valence-corrected chi connectivity index (χ1v) is 8.17. The molecule has 0 spiro atoms. The van der Waals surface area contributed by atoms with Crippen LogP contribution in [-0.2, 0) is 4.79 Å². The van der Waals surface area contributed by atoms with E-state index in [1.807, 2.05) is 6.07 Å². The third-order valence-electron chi connectivity index (χ3n) is 3.24. The van der Waals surface area contributed by atoms with E-state index in [1.54, 1.807) is 48.5 Å². The average molecular weight is 390 g/mol. The van der Waals surface area contributed by atoms with E-state index >= 15 is 0 Å². The SMILES string of the molecule is O=C([O-])COc1ccc(/C=C(\Cl)c2nc(-c3cccc(Cl)c3)no2)cc1. The van der Waals surface area contributed by atoms with Crippen molar-refractivity contribution in [3.63, 3.8) is 0 Å². The lowest BCUT2D eigenvalue weighted by Crippen LogP contribution is -2.28. The fourth-order valence-electron chi connectivity index (χ4n) is 2.08. The highest BCUT2D eigenvalue weighted by Crippen LogP contribution is 2.25. The Bertz CT molecular complexity index is 952. The summed E-state index contributed by atoms with van der Waals surface area (Å²) in [7, 11) is 0. The molecule has 0 fully saturated rings. The van der Waals surface area contributed by atoms with Gasteiger partial charge < -0.3 is 19.2 Å². The Kier molecular flexibility index (Phi) is 5.55. The van der Waals surface area contributed by atoms with Gasteiger partial charge in [0.05, 0.1) is 5.97 Å². The van der Waals surface area contributed by atoms with E-state index in [4.69, 9.17) is 32.5 Å². The maximum atomic E-state index is 10.4. The maximum Gasteiger partial charge on any atom is 0.269 e. The molecule has 6 nitrogen and oxygen atoms in total. The lowest BCUT2D eigenvalue weighted by molar-refractivity contribution is -0.307. The molecule has 0 amide bonds. The summed E-state index contributed by atoms with van der Waals surface area (Å²) in [5.74, 6) is -0.341. The predicted octanol–water partition coefficient (Wildman–Crippen LogP) is 3.26. The molecule has 2 aromatic carbocycles. The molecule has 0 unspecified atom stereocenters. The van der Waals surface area contributed by atoms with Crippen LogP contribution in [0.5, 0.6) is 5.75 Å². The molecule has 0 bridgehead atoms. The first-order chi connectivity index (χ1) is 12.5. The van der Waals surface area contributed by atoms with Gasteiger partial charge >= 0.3 is 0 Å². The Hall–Kier alpha value is -2.83. The number of hydrogen-bond acceptors (Lipinski definition) is 6. The molecule has 0 saturated heterocycles. The largest absolute Gasteiger partial charge is 0.546 e. The van der Waals surface area contributed by atoms with Gasteiger partial charge in [0.15, 0.2) is 0 Å². The van der Waals surface area contributed by atoms with Gasteiger partial charge in [0.1, 0.15) is 17.4 Å². The second kappa shape index (κ2) is 8.03. The van der Waals surface area contributed by atoms with E-state index in [-0.39, 0.29) is 10.9 Å². The van der Waals surface area contributed by atoms with Crippen molar-refractivity contribution >= 4 is 40.3 Å². The highest BCUT2D eigenvalue weighted by molar-refractivity contribution is 6.50. The average Bonchev–Trinajstić information content (AvgIpc) is 3.11. The monoisotopic (exact) mass is 389 g/mol. The first kappa shape index (κ1) is 18.0. The standard InChI is InChI=1S/C18H12Cl2N2O4/c19-13-3-1-2-12(9-13)17-21-18(26-22-17)15(20)8-11-4-6-14(7-5-11)25-10-16(23)24/h1-9H,10H2,(H,23,24)/p-1/b15-8-. The summed E-state index contributed by atoms with van der Waals surface area (Å²) in [5.41, 5.74) is 1.46. The second-order valence-corrected chi connectivity index (χ2v) is 6.00. The molecule has 0 saturated carbocycles. The summed E-state index contributed by atoms with van der Waals surface area (Å²) in [6.45, 7) is -0.510. The van der Waals surface area contributed by atoms with Gasteiger partial charge in [0.25, 0.3) is 5.89 Å². The Morgan fingerprint density at radius 2 is 2.00 bits per heavy atom. The van der Waals surface area contributed by atoms with Gasteiger partial charge in [-0.15, -0.1) is 0 Å². The smallest absolute Gasteiger partial charge is 0.269 e. The number of rotatable bonds is 6. The Balaban J connectivity index is 1.74. The molecule has 0 aliphatic heterocycles. The van der Waals surface area contributed by atoms with Gasteiger partial charge in [0.2, 0.25) is 5.82 Å². The Labute approximate surface area is 158 Å². The number of benzene rings is 2. The lowest BCUT2D eigenvalue weighted by Gasteiger charge is -2.06. The highest BCUT2D eigenvalue weighted by atomic mass is 35.5. The third-order valence-corrected chi connectivity index (χ3v) is 3.75. The summed E-state index contributed by atoms with van der Waals surface area (Å²) in [5, 5.41) is 15.1. The summed E-state index contributed by atoms with van der Waals surface area (Å²) >= 11 is 12.2. The minimum absolute atomic E-state index is 0.166. The number of carbonyl (C=O) groups excluding carboxylic acids is 1. The van der Waals surface area contributed by atoms with Gasteiger partial charge in [-0.05, 0) is 35.9 Å². The second-order valence-electron chi connectivity index (χ2n) is 5.16. The molecule has 0 aliphatic carbocycles. The number of aliphatic carboxylic acids is 1. The van der Waals surface area contributed by atoms with Gasteiger partial charge in [-0.3, -0.25) is 0 Å². The number of carboxylic acids is 1. The molecule has 8 heteroatoms. The van der Waals surface area contributed by atoms with E-state index in [0.717, 1.165) is 5.56 Å². The summed E-state index contributed by atoms with van der Waals surface area (Å²) < 4.78 is 10.2. The first-order valence-electron chi connectivity index (χ1n) is 7.41. The Morgan fingerprint density at radius 3 is 2.69 bits per heavy atom. The molecule has 26 heavy (non-hydrogen) atoms. The highest BCUT2D eigenvalue weighted by Gasteiger charge is 2.12. The van der Waals surface area contributed by atoms with E-state index in [2.05, 4.69) is 10.1 Å². The molecule has 1 aromatic heterocycles. The number of halogens is 2. The van der Waals surface area contributed by atoms with Crippen LogP contribution in [0.2, 0.25) is 5.02 Å². The maximum absolute atomic E-state index is 10.4. The van der Waals surface area contributed by atoms with Crippen LogP contribution in [0, 0.1) is 0 Å². The molecule has 0 atom stereocenters. The van der Waals surface area contributed by atoms with E-state index in [0.29, 0.717) is 22.2 Å². The third kappa shape index (κ3) is 4.62. The topological polar surface area (TPSA) is 88.3 Å². The van der Waals surface area contributed by atoms with Crippen molar-refractivity contribution in [2.75, 3.05) is 6.61 Å². The van der Waals surface area contributed by atoms with Gasteiger partial charge in [-0.2, -0.15) is 4.98 Å². The van der Waals surface area contributed by atoms with Crippen molar-refractivity contribution in [1.82, 2.24) is 10.1 Å². The van der Waals surface area contributed by atoms with Crippen LogP contribution in [0.15, 0.2) is 53.1 Å². The number of carbonyl (C=O) groups is 1. The molecule has 3 aromatic rings. The van der Waals surface area contributed by atoms with E-state index in [1.165, 1.54) is 0 Å². The zero-order valence-electron chi connectivity index (χ0n) is 13.2. The minimum Gasteiger partial charge on any atom is -0.546 e. The van der Waals surface area contributed by atoms with E-state index < -0.39 is 12.6 Å². The fourth-order valence-corrected chi connectivity index (χ4v) is 2.47. The molecule has 0 radical (unpaired) electrons. The number of hydrogen-bond donors (Lipinski definition) is 0. The van der Waals surface area contributed by atoms with Crippen LogP contribution in [0.1, 0.15) is 11.5 Å². The van der Waals surface area contributed by atoms with Crippen molar-refractivity contribution in [2.45, 2.75) is 0 Å². The molecule has 0 aliphatic rings.